The van der Waals surface area contributed by atoms with Crippen molar-refractivity contribution in [3.05, 3.63) is 0 Å². The van der Waals surface area contributed by atoms with Gasteiger partial charge in [-0.05, 0) is 19.3 Å². The largest absolute Gasteiger partial charge is 0.281 e. The lowest BCUT2D eigenvalue weighted by Crippen LogP contribution is -2.46. The molecule has 0 aromatic carbocycles. The normalized spacial score (nSPS) is 15.1. The summed E-state index contributed by atoms with van der Waals surface area (Å²) in [6, 6.07) is -0.0107. The van der Waals surface area contributed by atoms with E-state index in [0.717, 1.165) is 0 Å². The minimum Gasteiger partial charge on any atom is -0.195 e. The number of halogens is 1. The second-order valence-corrected chi connectivity index (χ2v) is 6.85. The highest BCUT2D eigenvalue weighted by Crippen LogP contribution is 2.14. The lowest BCUT2D eigenvalue weighted by Gasteiger charge is -2.30. The van der Waals surface area contributed by atoms with Gasteiger partial charge in [0.25, 0.3) is 10.2 Å². The topological polar surface area (TPSA) is 40.6 Å². The van der Waals surface area contributed by atoms with Crippen molar-refractivity contribution in [1.82, 2.24) is 8.61 Å². The maximum Gasteiger partial charge on any atom is 0.281 e. The van der Waals surface area contributed by atoms with E-state index in [1.165, 1.54) is 8.61 Å². The van der Waals surface area contributed by atoms with Crippen LogP contribution in [-0.4, -0.2) is 49.6 Å². The summed E-state index contributed by atoms with van der Waals surface area (Å²) < 4.78 is 27.0. The Morgan fingerprint density at radius 1 is 1.19 bits per heavy atom. The minimum absolute atomic E-state index is 0.0107. The number of rotatable bonds is 7. The second kappa shape index (κ2) is 6.79. The zero-order valence-corrected chi connectivity index (χ0v) is 12.3. The monoisotopic (exact) mass is 270 g/mol. The molecule has 0 amide bonds. The fraction of sp³-hybridized carbons (Fsp3) is 1.00. The van der Waals surface area contributed by atoms with Crippen molar-refractivity contribution in [3.8, 4) is 0 Å². The highest BCUT2D eigenvalue weighted by atomic mass is 35.5. The molecule has 1 unspecified atom stereocenters. The molecule has 16 heavy (non-hydrogen) atoms. The predicted molar refractivity (Wildman–Crippen MR) is 68.9 cm³/mol. The summed E-state index contributed by atoms with van der Waals surface area (Å²) in [5, 5.41) is 0. The lowest BCUT2D eigenvalue weighted by atomic mass is 10.1. The molecule has 0 bridgehead atoms. The zero-order chi connectivity index (χ0) is 12.9. The van der Waals surface area contributed by atoms with Crippen molar-refractivity contribution in [2.75, 3.05) is 26.5 Å². The molecule has 0 saturated carbocycles. The van der Waals surface area contributed by atoms with Gasteiger partial charge in [-0.25, -0.2) is 0 Å². The Balaban J connectivity index is 4.65. The van der Waals surface area contributed by atoms with E-state index in [1.807, 2.05) is 20.8 Å². The molecule has 0 aliphatic rings. The SMILES string of the molecule is CC(C)C(C)N(C)S(=O)(=O)N(C)CCCCl. The highest BCUT2D eigenvalue weighted by Gasteiger charge is 2.28. The summed E-state index contributed by atoms with van der Waals surface area (Å²) >= 11 is 5.55. The Labute approximate surface area is 105 Å². The molecule has 0 spiro atoms. The van der Waals surface area contributed by atoms with E-state index in [9.17, 15) is 8.42 Å². The minimum atomic E-state index is -3.35. The van der Waals surface area contributed by atoms with Crippen molar-refractivity contribution in [2.45, 2.75) is 33.2 Å². The van der Waals surface area contributed by atoms with Crippen molar-refractivity contribution < 1.29 is 8.42 Å². The van der Waals surface area contributed by atoms with Crippen LogP contribution in [-0.2, 0) is 10.2 Å². The summed E-state index contributed by atoms with van der Waals surface area (Å²) in [4.78, 5) is 0. The van der Waals surface area contributed by atoms with E-state index in [2.05, 4.69) is 0 Å². The fourth-order valence-corrected chi connectivity index (χ4v) is 2.83. The molecule has 0 aliphatic carbocycles. The van der Waals surface area contributed by atoms with Crippen molar-refractivity contribution in [1.29, 1.82) is 0 Å². The van der Waals surface area contributed by atoms with E-state index in [-0.39, 0.29) is 6.04 Å². The molecule has 6 heteroatoms. The molecule has 4 nitrogen and oxygen atoms in total. The van der Waals surface area contributed by atoms with Crippen LogP contribution in [0.4, 0.5) is 0 Å². The first kappa shape index (κ1) is 16.2. The Morgan fingerprint density at radius 3 is 2.06 bits per heavy atom. The van der Waals surface area contributed by atoms with Crippen LogP contribution in [0.5, 0.6) is 0 Å². The molecule has 0 aromatic heterocycles. The Morgan fingerprint density at radius 2 is 1.69 bits per heavy atom. The van der Waals surface area contributed by atoms with Crippen LogP contribution in [0, 0.1) is 5.92 Å². The smallest absolute Gasteiger partial charge is 0.195 e. The molecule has 0 aromatic rings. The molecular weight excluding hydrogens is 248 g/mol. The second-order valence-electron chi connectivity index (χ2n) is 4.37. The van der Waals surface area contributed by atoms with Crippen molar-refractivity contribution >= 4 is 21.8 Å². The van der Waals surface area contributed by atoms with Gasteiger partial charge in [0.15, 0.2) is 0 Å². The third-order valence-electron chi connectivity index (χ3n) is 2.90. The number of hydrogen-bond donors (Lipinski definition) is 0. The molecule has 0 fully saturated rings. The lowest BCUT2D eigenvalue weighted by molar-refractivity contribution is 0.292. The highest BCUT2D eigenvalue weighted by molar-refractivity contribution is 7.86. The summed E-state index contributed by atoms with van der Waals surface area (Å²) in [6.07, 6.45) is 0.668. The number of nitrogens with zero attached hydrogens (tertiary/aromatic N) is 2. The van der Waals surface area contributed by atoms with Gasteiger partial charge in [-0.1, -0.05) is 13.8 Å². The van der Waals surface area contributed by atoms with Crippen molar-refractivity contribution in [3.63, 3.8) is 0 Å². The number of hydrogen-bond acceptors (Lipinski definition) is 2. The van der Waals surface area contributed by atoms with Gasteiger partial charge in [0, 0.05) is 32.6 Å². The third kappa shape index (κ3) is 4.20. The van der Waals surface area contributed by atoms with Crippen molar-refractivity contribution in [2.24, 2.45) is 5.92 Å². The summed E-state index contributed by atoms with van der Waals surface area (Å²) in [5.41, 5.74) is 0. The van der Waals surface area contributed by atoms with Crippen LogP contribution in [0.2, 0.25) is 0 Å². The average Bonchev–Trinajstić information content (AvgIpc) is 2.23. The van der Waals surface area contributed by atoms with Gasteiger partial charge in [-0.15, -0.1) is 11.6 Å². The maximum absolute atomic E-state index is 12.1. The Kier molecular flexibility index (Phi) is 6.86. The van der Waals surface area contributed by atoms with Crippen LogP contribution < -0.4 is 0 Å². The van der Waals surface area contributed by atoms with Crippen LogP contribution in [0.3, 0.4) is 0 Å². The first-order valence-corrected chi connectivity index (χ1v) is 7.43. The fourth-order valence-electron chi connectivity index (χ4n) is 1.25. The third-order valence-corrected chi connectivity index (χ3v) is 5.20. The average molecular weight is 271 g/mol. The first-order chi connectivity index (χ1) is 7.25. The van der Waals surface area contributed by atoms with E-state index >= 15 is 0 Å². The quantitative estimate of drug-likeness (QED) is 0.662. The Hall–Kier alpha value is 0.160. The zero-order valence-electron chi connectivity index (χ0n) is 10.8. The molecule has 0 radical (unpaired) electrons. The molecule has 0 N–H and O–H groups in total. The van der Waals surface area contributed by atoms with Gasteiger partial charge in [-0.3, -0.25) is 0 Å². The molecule has 0 rings (SSSR count). The van der Waals surface area contributed by atoms with Gasteiger partial charge in [-0.2, -0.15) is 17.0 Å². The van der Waals surface area contributed by atoms with E-state index < -0.39 is 10.2 Å². The molecular formula is C10H23ClN2O2S. The number of alkyl halides is 1. The summed E-state index contributed by atoms with van der Waals surface area (Å²) in [6.45, 7) is 6.39. The molecule has 0 aliphatic heterocycles. The van der Waals surface area contributed by atoms with Gasteiger partial charge in [0.2, 0.25) is 0 Å². The molecule has 98 valence electrons. The molecule has 0 heterocycles. The van der Waals surface area contributed by atoms with Crippen LogP contribution >= 0.6 is 11.6 Å². The maximum atomic E-state index is 12.1. The summed E-state index contributed by atoms with van der Waals surface area (Å²) in [7, 11) is -0.137. The molecule has 0 saturated heterocycles. The van der Waals surface area contributed by atoms with E-state index in [0.29, 0.717) is 24.8 Å². The van der Waals surface area contributed by atoms with E-state index in [1.54, 1.807) is 14.1 Å². The van der Waals surface area contributed by atoms with E-state index in [4.69, 9.17) is 11.6 Å². The Bertz CT molecular complexity index is 293. The predicted octanol–water partition coefficient (Wildman–Crippen LogP) is 1.77. The molecule has 1 atom stereocenters. The van der Waals surface area contributed by atoms with Gasteiger partial charge in [0.1, 0.15) is 0 Å². The summed E-state index contributed by atoms with van der Waals surface area (Å²) in [5.74, 6) is 0.768. The standard InChI is InChI=1S/C10H23ClN2O2S/c1-9(2)10(3)13(5)16(14,15)12(4)8-6-7-11/h9-10H,6-8H2,1-5H3. The van der Waals surface area contributed by atoms with Gasteiger partial charge < -0.3 is 0 Å². The van der Waals surface area contributed by atoms with Gasteiger partial charge >= 0.3 is 0 Å². The van der Waals surface area contributed by atoms with Crippen LogP contribution in [0.25, 0.3) is 0 Å². The first-order valence-electron chi connectivity index (χ1n) is 5.50. The van der Waals surface area contributed by atoms with Crippen LogP contribution in [0.1, 0.15) is 27.2 Å². The van der Waals surface area contributed by atoms with Gasteiger partial charge in [0.05, 0.1) is 0 Å². The van der Waals surface area contributed by atoms with Crippen LogP contribution in [0.15, 0.2) is 0 Å².